The number of aryl methyl sites for hydroxylation is 1. The van der Waals surface area contributed by atoms with Gasteiger partial charge in [0.2, 0.25) is 0 Å². The minimum absolute atomic E-state index is 0.452. The van der Waals surface area contributed by atoms with Gasteiger partial charge in [-0.1, -0.05) is 29.8 Å². The topological polar surface area (TPSA) is 21.3 Å². The first-order valence-corrected chi connectivity index (χ1v) is 7.13. The molecule has 2 heteroatoms. The predicted molar refractivity (Wildman–Crippen MR) is 73.5 cm³/mol. The standard InChI is InChI=1S/C16H23NO/c1-11-4-3-5-13(8-11)12(2)17-9-15-14-6-7-18-10-16(14)15/h3-5,8,12,14-17H,6-7,9-10H2,1-2H3. The van der Waals surface area contributed by atoms with Gasteiger partial charge in [-0.3, -0.25) is 0 Å². The molecule has 0 radical (unpaired) electrons. The normalized spacial score (nSPS) is 31.8. The molecule has 1 saturated carbocycles. The Morgan fingerprint density at radius 2 is 2.28 bits per heavy atom. The van der Waals surface area contributed by atoms with Crippen molar-refractivity contribution in [3.05, 3.63) is 35.4 Å². The molecule has 0 bridgehead atoms. The molecule has 4 atom stereocenters. The number of benzene rings is 1. The molecule has 1 N–H and O–H groups in total. The van der Waals surface area contributed by atoms with Crippen molar-refractivity contribution in [3.63, 3.8) is 0 Å². The molecule has 98 valence electrons. The minimum atomic E-state index is 0.452. The van der Waals surface area contributed by atoms with Crippen LogP contribution >= 0.6 is 0 Å². The Morgan fingerprint density at radius 1 is 1.39 bits per heavy atom. The molecule has 2 aliphatic rings. The van der Waals surface area contributed by atoms with Crippen molar-refractivity contribution in [1.29, 1.82) is 0 Å². The van der Waals surface area contributed by atoms with Gasteiger partial charge in [0.1, 0.15) is 0 Å². The molecule has 1 heterocycles. The lowest BCUT2D eigenvalue weighted by atomic mass is 10.1. The first-order valence-electron chi connectivity index (χ1n) is 7.13. The van der Waals surface area contributed by atoms with E-state index in [1.165, 1.54) is 17.5 Å². The van der Waals surface area contributed by atoms with E-state index in [1.807, 2.05) is 0 Å². The van der Waals surface area contributed by atoms with Crippen LogP contribution in [-0.4, -0.2) is 19.8 Å². The van der Waals surface area contributed by atoms with Crippen LogP contribution in [-0.2, 0) is 4.74 Å². The lowest BCUT2D eigenvalue weighted by Crippen LogP contribution is -2.22. The van der Waals surface area contributed by atoms with Crippen LogP contribution in [0.2, 0.25) is 0 Å². The Labute approximate surface area is 110 Å². The molecular weight excluding hydrogens is 222 g/mol. The number of fused-ring (bicyclic) bond motifs is 1. The van der Waals surface area contributed by atoms with E-state index in [-0.39, 0.29) is 0 Å². The summed E-state index contributed by atoms with van der Waals surface area (Å²) >= 11 is 0. The summed E-state index contributed by atoms with van der Waals surface area (Å²) in [5.74, 6) is 2.65. The molecule has 1 saturated heterocycles. The van der Waals surface area contributed by atoms with Crippen LogP contribution in [0.1, 0.15) is 30.5 Å². The molecule has 1 aromatic rings. The number of hydrogen-bond donors (Lipinski definition) is 1. The summed E-state index contributed by atoms with van der Waals surface area (Å²) in [6, 6.07) is 9.25. The van der Waals surface area contributed by atoms with Gasteiger partial charge in [0.25, 0.3) is 0 Å². The molecule has 2 fully saturated rings. The van der Waals surface area contributed by atoms with Gasteiger partial charge < -0.3 is 10.1 Å². The van der Waals surface area contributed by atoms with Gasteiger partial charge in [-0.15, -0.1) is 0 Å². The Hall–Kier alpha value is -0.860. The molecule has 3 rings (SSSR count). The summed E-state index contributed by atoms with van der Waals surface area (Å²) in [5, 5.41) is 3.69. The van der Waals surface area contributed by atoms with Crippen LogP contribution in [0.25, 0.3) is 0 Å². The highest BCUT2D eigenvalue weighted by molar-refractivity contribution is 5.24. The Bertz CT molecular complexity index is 405. The number of ether oxygens (including phenoxy) is 1. The highest BCUT2D eigenvalue weighted by Crippen LogP contribution is 2.50. The molecule has 0 amide bonds. The fourth-order valence-electron chi connectivity index (χ4n) is 3.31. The molecule has 2 nitrogen and oxygen atoms in total. The molecule has 1 aliphatic carbocycles. The third-order valence-electron chi connectivity index (χ3n) is 4.62. The average Bonchev–Trinajstić information content (AvgIpc) is 3.09. The molecule has 0 aromatic heterocycles. The Kier molecular flexibility index (Phi) is 3.40. The molecule has 18 heavy (non-hydrogen) atoms. The second-order valence-corrected chi connectivity index (χ2v) is 5.90. The van der Waals surface area contributed by atoms with Crippen molar-refractivity contribution in [3.8, 4) is 0 Å². The quantitative estimate of drug-likeness (QED) is 0.880. The van der Waals surface area contributed by atoms with E-state index in [0.717, 1.165) is 37.5 Å². The van der Waals surface area contributed by atoms with Crippen LogP contribution < -0.4 is 5.32 Å². The molecule has 4 unspecified atom stereocenters. The van der Waals surface area contributed by atoms with Gasteiger partial charge in [-0.25, -0.2) is 0 Å². The number of nitrogens with one attached hydrogen (secondary N) is 1. The van der Waals surface area contributed by atoms with Crippen LogP contribution in [0.5, 0.6) is 0 Å². The van der Waals surface area contributed by atoms with Crippen LogP contribution in [0, 0.1) is 24.7 Å². The van der Waals surface area contributed by atoms with Gasteiger partial charge in [-0.05, 0) is 50.1 Å². The van der Waals surface area contributed by atoms with Crippen LogP contribution in [0.15, 0.2) is 24.3 Å². The molecule has 1 aromatic carbocycles. The smallest absolute Gasteiger partial charge is 0.0500 e. The monoisotopic (exact) mass is 245 g/mol. The van der Waals surface area contributed by atoms with E-state index in [1.54, 1.807) is 0 Å². The van der Waals surface area contributed by atoms with Gasteiger partial charge in [0.15, 0.2) is 0 Å². The fraction of sp³-hybridized carbons (Fsp3) is 0.625. The third kappa shape index (κ3) is 2.45. The van der Waals surface area contributed by atoms with Crippen molar-refractivity contribution in [1.82, 2.24) is 5.32 Å². The van der Waals surface area contributed by atoms with Crippen molar-refractivity contribution >= 4 is 0 Å². The zero-order valence-corrected chi connectivity index (χ0v) is 11.4. The second-order valence-electron chi connectivity index (χ2n) is 5.90. The summed E-state index contributed by atoms with van der Waals surface area (Å²) in [6.45, 7) is 7.54. The summed E-state index contributed by atoms with van der Waals surface area (Å²) in [5.41, 5.74) is 2.74. The van der Waals surface area contributed by atoms with Gasteiger partial charge in [0.05, 0.1) is 0 Å². The van der Waals surface area contributed by atoms with Crippen LogP contribution in [0.4, 0.5) is 0 Å². The van der Waals surface area contributed by atoms with Crippen molar-refractivity contribution < 1.29 is 4.74 Å². The molecule has 0 spiro atoms. The van der Waals surface area contributed by atoms with Gasteiger partial charge in [0, 0.05) is 19.3 Å². The largest absolute Gasteiger partial charge is 0.381 e. The summed E-state index contributed by atoms with van der Waals surface area (Å²) in [4.78, 5) is 0. The maximum Gasteiger partial charge on any atom is 0.0500 e. The highest BCUT2D eigenvalue weighted by atomic mass is 16.5. The SMILES string of the molecule is Cc1cccc(C(C)NCC2C3CCOCC32)c1. The van der Waals surface area contributed by atoms with Crippen molar-refractivity contribution in [2.45, 2.75) is 26.3 Å². The van der Waals surface area contributed by atoms with Crippen molar-refractivity contribution in [2.75, 3.05) is 19.8 Å². The number of rotatable bonds is 4. The zero-order chi connectivity index (χ0) is 12.5. The predicted octanol–water partition coefficient (Wildman–Crippen LogP) is 2.93. The average molecular weight is 245 g/mol. The van der Waals surface area contributed by atoms with E-state index < -0.39 is 0 Å². The summed E-state index contributed by atoms with van der Waals surface area (Å²) < 4.78 is 5.53. The summed E-state index contributed by atoms with van der Waals surface area (Å²) in [6.07, 6.45) is 1.27. The first-order chi connectivity index (χ1) is 8.75. The lowest BCUT2D eigenvalue weighted by molar-refractivity contribution is 0.0884. The van der Waals surface area contributed by atoms with Gasteiger partial charge >= 0.3 is 0 Å². The fourth-order valence-corrected chi connectivity index (χ4v) is 3.31. The highest BCUT2D eigenvalue weighted by Gasteiger charge is 2.50. The third-order valence-corrected chi connectivity index (χ3v) is 4.62. The lowest BCUT2D eigenvalue weighted by Gasteiger charge is -2.14. The summed E-state index contributed by atoms with van der Waals surface area (Å²) in [7, 11) is 0. The second kappa shape index (κ2) is 5.02. The van der Waals surface area contributed by atoms with E-state index in [9.17, 15) is 0 Å². The van der Waals surface area contributed by atoms with Crippen LogP contribution in [0.3, 0.4) is 0 Å². The maximum absolute atomic E-state index is 5.53. The van der Waals surface area contributed by atoms with Crippen molar-refractivity contribution in [2.24, 2.45) is 17.8 Å². The van der Waals surface area contributed by atoms with E-state index in [4.69, 9.17) is 4.74 Å². The minimum Gasteiger partial charge on any atom is -0.381 e. The maximum atomic E-state index is 5.53. The van der Waals surface area contributed by atoms with E-state index >= 15 is 0 Å². The van der Waals surface area contributed by atoms with E-state index in [2.05, 4.69) is 43.4 Å². The molecular formula is C16H23NO. The number of hydrogen-bond acceptors (Lipinski definition) is 2. The molecule has 1 aliphatic heterocycles. The van der Waals surface area contributed by atoms with E-state index in [0.29, 0.717) is 6.04 Å². The Morgan fingerprint density at radius 3 is 3.00 bits per heavy atom. The zero-order valence-electron chi connectivity index (χ0n) is 11.4. The Balaban J connectivity index is 1.51. The first kappa shape index (κ1) is 12.2. The van der Waals surface area contributed by atoms with Gasteiger partial charge in [-0.2, -0.15) is 0 Å².